The fraction of sp³-hybridized carbons (Fsp3) is 1.00. The summed E-state index contributed by atoms with van der Waals surface area (Å²) < 4.78 is 37.0. The molecule has 2 unspecified atom stereocenters. The lowest BCUT2D eigenvalue weighted by Gasteiger charge is -2.21. The number of halogens is 3. The van der Waals surface area contributed by atoms with Crippen LogP contribution in [-0.4, -0.2) is 18.8 Å². The minimum absolute atomic E-state index is 0.0894. The number of hydrogen-bond donors (Lipinski definition) is 1. The molecule has 0 radical (unpaired) electrons. The molecule has 4 heteroatoms. The third-order valence-electron chi connectivity index (χ3n) is 2.69. The molecular formula is C9H16F3N. The van der Waals surface area contributed by atoms with E-state index in [1.807, 2.05) is 0 Å². The zero-order valence-corrected chi connectivity index (χ0v) is 7.82. The summed E-state index contributed by atoms with van der Waals surface area (Å²) in [5.74, 6) is -1.12. The van der Waals surface area contributed by atoms with Crippen LogP contribution in [0, 0.1) is 5.92 Å². The molecule has 1 saturated heterocycles. The third kappa shape index (κ3) is 3.18. The highest BCUT2D eigenvalue weighted by Crippen LogP contribution is 2.33. The van der Waals surface area contributed by atoms with E-state index in [1.54, 1.807) is 6.92 Å². The van der Waals surface area contributed by atoms with Crippen LogP contribution in [0.3, 0.4) is 0 Å². The van der Waals surface area contributed by atoms with E-state index < -0.39 is 12.1 Å². The van der Waals surface area contributed by atoms with Gasteiger partial charge in [-0.05, 0) is 32.2 Å². The van der Waals surface area contributed by atoms with E-state index in [0.717, 1.165) is 19.4 Å². The van der Waals surface area contributed by atoms with Gasteiger partial charge in [0, 0.05) is 6.04 Å². The number of alkyl halides is 3. The van der Waals surface area contributed by atoms with Crippen LogP contribution >= 0.6 is 0 Å². The second-order valence-corrected chi connectivity index (χ2v) is 3.68. The Morgan fingerprint density at radius 1 is 1.46 bits per heavy atom. The Morgan fingerprint density at radius 3 is 2.54 bits per heavy atom. The van der Waals surface area contributed by atoms with E-state index in [4.69, 9.17) is 0 Å². The monoisotopic (exact) mass is 195 g/mol. The highest BCUT2D eigenvalue weighted by molar-refractivity contribution is 4.79. The maximum atomic E-state index is 12.3. The minimum Gasteiger partial charge on any atom is -0.314 e. The first-order chi connectivity index (χ1) is 6.04. The van der Waals surface area contributed by atoms with Crippen molar-refractivity contribution >= 4 is 0 Å². The highest BCUT2D eigenvalue weighted by Gasteiger charge is 2.39. The van der Waals surface area contributed by atoms with Gasteiger partial charge in [-0.15, -0.1) is 0 Å². The van der Waals surface area contributed by atoms with Gasteiger partial charge in [0.25, 0.3) is 0 Å². The average Bonchev–Trinajstić information content (AvgIpc) is 2.49. The summed E-state index contributed by atoms with van der Waals surface area (Å²) in [4.78, 5) is 0. The summed E-state index contributed by atoms with van der Waals surface area (Å²) in [5, 5.41) is 3.09. The Balaban J connectivity index is 2.39. The van der Waals surface area contributed by atoms with E-state index in [9.17, 15) is 13.2 Å². The molecule has 1 heterocycles. The molecule has 1 N–H and O–H groups in total. The molecule has 0 bridgehead atoms. The predicted molar refractivity (Wildman–Crippen MR) is 45.5 cm³/mol. The van der Waals surface area contributed by atoms with Crippen molar-refractivity contribution in [3.8, 4) is 0 Å². The summed E-state index contributed by atoms with van der Waals surface area (Å²) in [6, 6.07) is 0.0894. The molecule has 0 saturated carbocycles. The van der Waals surface area contributed by atoms with Crippen molar-refractivity contribution in [2.75, 3.05) is 6.54 Å². The standard InChI is InChI=1S/C9H16F3N/c1-2-7(9(10,11)12)6-8-4-3-5-13-8/h7-8,13H,2-6H2,1H3. The normalized spacial score (nSPS) is 26.3. The lowest BCUT2D eigenvalue weighted by molar-refractivity contribution is -0.178. The first kappa shape index (κ1) is 10.8. The molecule has 2 atom stereocenters. The van der Waals surface area contributed by atoms with Gasteiger partial charge in [-0.25, -0.2) is 0 Å². The van der Waals surface area contributed by atoms with Crippen molar-refractivity contribution in [2.24, 2.45) is 5.92 Å². The van der Waals surface area contributed by atoms with Gasteiger partial charge in [0.05, 0.1) is 5.92 Å². The predicted octanol–water partition coefficient (Wildman–Crippen LogP) is 2.72. The van der Waals surface area contributed by atoms with E-state index in [2.05, 4.69) is 5.32 Å². The molecule has 1 nitrogen and oxygen atoms in total. The highest BCUT2D eigenvalue weighted by atomic mass is 19.4. The van der Waals surface area contributed by atoms with Crippen molar-refractivity contribution in [3.05, 3.63) is 0 Å². The summed E-state index contributed by atoms with van der Waals surface area (Å²) in [5.41, 5.74) is 0. The van der Waals surface area contributed by atoms with Crippen LogP contribution in [0.4, 0.5) is 13.2 Å². The average molecular weight is 195 g/mol. The lowest BCUT2D eigenvalue weighted by atomic mass is 9.96. The number of hydrogen-bond acceptors (Lipinski definition) is 1. The van der Waals surface area contributed by atoms with Crippen LogP contribution in [0.2, 0.25) is 0 Å². The molecule has 0 aromatic carbocycles. The minimum atomic E-state index is -4.01. The molecule has 1 rings (SSSR count). The van der Waals surface area contributed by atoms with Gasteiger partial charge in [0.15, 0.2) is 0 Å². The van der Waals surface area contributed by atoms with E-state index in [-0.39, 0.29) is 18.9 Å². The van der Waals surface area contributed by atoms with Gasteiger partial charge in [-0.2, -0.15) is 13.2 Å². The quantitative estimate of drug-likeness (QED) is 0.730. The fourth-order valence-electron chi connectivity index (χ4n) is 1.83. The van der Waals surface area contributed by atoms with Gasteiger partial charge in [-0.3, -0.25) is 0 Å². The summed E-state index contributed by atoms with van der Waals surface area (Å²) >= 11 is 0. The second kappa shape index (κ2) is 4.31. The fourth-order valence-corrected chi connectivity index (χ4v) is 1.83. The van der Waals surface area contributed by atoms with Crippen LogP contribution in [-0.2, 0) is 0 Å². The molecule has 0 aromatic heterocycles. The Kier molecular flexibility index (Phi) is 3.59. The maximum absolute atomic E-state index is 12.3. The summed E-state index contributed by atoms with van der Waals surface area (Å²) in [6.45, 7) is 2.48. The molecule has 1 fully saturated rings. The van der Waals surface area contributed by atoms with Crippen molar-refractivity contribution in [2.45, 2.75) is 44.8 Å². The van der Waals surface area contributed by atoms with Gasteiger partial charge >= 0.3 is 6.18 Å². The topological polar surface area (TPSA) is 12.0 Å². The van der Waals surface area contributed by atoms with Crippen molar-refractivity contribution in [1.82, 2.24) is 5.32 Å². The smallest absolute Gasteiger partial charge is 0.314 e. The van der Waals surface area contributed by atoms with Crippen LogP contribution in [0.5, 0.6) is 0 Å². The zero-order chi connectivity index (χ0) is 9.90. The van der Waals surface area contributed by atoms with Gasteiger partial charge < -0.3 is 5.32 Å². The molecule has 0 amide bonds. The number of rotatable bonds is 3. The first-order valence-corrected chi connectivity index (χ1v) is 4.84. The van der Waals surface area contributed by atoms with Gasteiger partial charge in [0.1, 0.15) is 0 Å². The molecule has 78 valence electrons. The van der Waals surface area contributed by atoms with Gasteiger partial charge in [0.2, 0.25) is 0 Å². The Bertz CT molecular complexity index is 149. The third-order valence-corrected chi connectivity index (χ3v) is 2.69. The van der Waals surface area contributed by atoms with Crippen LogP contribution in [0.25, 0.3) is 0 Å². The largest absolute Gasteiger partial charge is 0.391 e. The van der Waals surface area contributed by atoms with Gasteiger partial charge in [-0.1, -0.05) is 6.92 Å². The van der Waals surface area contributed by atoms with Crippen molar-refractivity contribution < 1.29 is 13.2 Å². The maximum Gasteiger partial charge on any atom is 0.391 e. The van der Waals surface area contributed by atoms with Crippen molar-refractivity contribution in [3.63, 3.8) is 0 Å². The number of nitrogens with one attached hydrogen (secondary N) is 1. The molecule has 0 spiro atoms. The zero-order valence-electron chi connectivity index (χ0n) is 7.82. The molecule has 0 aliphatic carbocycles. The first-order valence-electron chi connectivity index (χ1n) is 4.84. The summed E-state index contributed by atoms with van der Waals surface area (Å²) in [7, 11) is 0. The Hall–Kier alpha value is -0.250. The Labute approximate surface area is 76.7 Å². The van der Waals surface area contributed by atoms with Crippen LogP contribution in [0.1, 0.15) is 32.6 Å². The second-order valence-electron chi connectivity index (χ2n) is 3.68. The van der Waals surface area contributed by atoms with E-state index >= 15 is 0 Å². The molecule has 1 aliphatic rings. The molecule has 1 aliphatic heterocycles. The summed E-state index contributed by atoms with van der Waals surface area (Å²) in [6.07, 6.45) is -1.66. The van der Waals surface area contributed by atoms with E-state index in [1.165, 1.54) is 0 Å². The molecule has 13 heavy (non-hydrogen) atoms. The van der Waals surface area contributed by atoms with Crippen LogP contribution in [0.15, 0.2) is 0 Å². The lowest BCUT2D eigenvalue weighted by Crippen LogP contribution is -2.31. The van der Waals surface area contributed by atoms with E-state index in [0.29, 0.717) is 0 Å². The molecular weight excluding hydrogens is 179 g/mol. The van der Waals surface area contributed by atoms with Crippen molar-refractivity contribution in [1.29, 1.82) is 0 Å². The Morgan fingerprint density at radius 2 is 2.15 bits per heavy atom. The van der Waals surface area contributed by atoms with Crippen LogP contribution < -0.4 is 5.32 Å². The molecule has 0 aromatic rings. The SMILES string of the molecule is CCC(CC1CCCN1)C(F)(F)F.